The topological polar surface area (TPSA) is 51.2 Å². The summed E-state index contributed by atoms with van der Waals surface area (Å²) in [6, 6.07) is 0. The minimum atomic E-state index is -0.565. The molecule has 78 valence electrons. The first-order valence-electron chi connectivity index (χ1n) is 4.93. The molecule has 2 fully saturated rings. The Kier molecular flexibility index (Phi) is 1.63. The zero-order valence-corrected chi connectivity index (χ0v) is 8.27. The van der Waals surface area contributed by atoms with Gasteiger partial charge in [-0.1, -0.05) is 0 Å². The summed E-state index contributed by atoms with van der Waals surface area (Å²) in [5.74, 6) is -0.565. The molecule has 4 atom stereocenters. The summed E-state index contributed by atoms with van der Waals surface area (Å²) >= 11 is 0. The van der Waals surface area contributed by atoms with E-state index in [0.717, 1.165) is 5.57 Å². The Morgan fingerprint density at radius 2 is 2.14 bits per heavy atom. The van der Waals surface area contributed by atoms with Crippen LogP contribution >= 0.6 is 0 Å². The first-order chi connectivity index (χ1) is 6.61. The molecule has 0 spiro atoms. The predicted octanol–water partition coefficient (Wildman–Crippen LogP) is 0.206. The highest BCUT2D eigenvalue weighted by atomic mass is 16.8. The van der Waals surface area contributed by atoms with Crippen molar-refractivity contribution in [1.82, 2.24) is 0 Å². The van der Waals surface area contributed by atoms with Gasteiger partial charge in [0.1, 0.15) is 24.4 Å². The molecule has 0 aromatic rings. The van der Waals surface area contributed by atoms with Crippen molar-refractivity contribution in [2.45, 2.75) is 44.1 Å². The quantitative estimate of drug-likeness (QED) is 0.483. The Balaban J connectivity index is 1.91. The lowest BCUT2D eigenvalue weighted by Gasteiger charge is -2.20. The molecule has 14 heavy (non-hydrogen) atoms. The minimum absolute atomic E-state index is 0.0210. The number of hydrogen-bond donors (Lipinski definition) is 1. The Morgan fingerprint density at radius 1 is 1.36 bits per heavy atom. The molecule has 2 aliphatic heterocycles. The second-order valence-electron chi connectivity index (χ2n) is 4.49. The van der Waals surface area contributed by atoms with E-state index in [1.54, 1.807) is 0 Å². The summed E-state index contributed by atoms with van der Waals surface area (Å²) in [4.78, 5) is 0. The molecule has 4 nitrogen and oxygen atoms in total. The third kappa shape index (κ3) is 1.15. The first kappa shape index (κ1) is 8.85. The van der Waals surface area contributed by atoms with Crippen molar-refractivity contribution in [2.24, 2.45) is 0 Å². The van der Waals surface area contributed by atoms with E-state index in [1.165, 1.54) is 0 Å². The van der Waals surface area contributed by atoms with E-state index in [9.17, 15) is 5.11 Å². The molecule has 1 aliphatic carbocycles. The van der Waals surface area contributed by atoms with Crippen LogP contribution in [0.15, 0.2) is 11.6 Å². The molecule has 3 rings (SSSR count). The largest absolute Gasteiger partial charge is 0.392 e. The maximum atomic E-state index is 9.19. The van der Waals surface area contributed by atoms with Gasteiger partial charge in [0, 0.05) is 0 Å². The number of epoxide rings is 1. The van der Waals surface area contributed by atoms with Gasteiger partial charge < -0.3 is 19.3 Å². The smallest absolute Gasteiger partial charge is 0.164 e. The monoisotopic (exact) mass is 198 g/mol. The number of ether oxygens (including phenoxy) is 3. The average Bonchev–Trinajstić information content (AvgIpc) is 2.80. The summed E-state index contributed by atoms with van der Waals surface area (Å²) in [5.41, 5.74) is 0.888. The van der Waals surface area contributed by atoms with E-state index in [4.69, 9.17) is 14.2 Å². The van der Waals surface area contributed by atoms with Crippen LogP contribution in [0.4, 0.5) is 0 Å². The van der Waals surface area contributed by atoms with Gasteiger partial charge in [-0.2, -0.15) is 0 Å². The predicted molar refractivity (Wildman–Crippen MR) is 47.7 cm³/mol. The second kappa shape index (κ2) is 2.58. The standard InChI is InChI=1S/C10H14O4/c1-10(2)13-7-5(4-11)3-6-8(12-6)9(7)14-10/h3,6-9,11H,4H2,1-2H3. The van der Waals surface area contributed by atoms with Gasteiger partial charge in [0.15, 0.2) is 5.79 Å². The van der Waals surface area contributed by atoms with E-state index in [0.29, 0.717) is 0 Å². The lowest BCUT2D eigenvalue weighted by molar-refractivity contribution is -0.145. The molecular formula is C10H14O4. The van der Waals surface area contributed by atoms with Crippen LogP contribution in [0.3, 0.4) is 0 Å². The zero-order chi connectivity index (χ0) is 9.92. The molecule has 0 amide bonds. The van der Waals surface area contributed by atoms with Crippen LogP contribution in [0.25, 0.3) is 0 Å². The fraction of sp³-hybridized carbons (Fsp3) is 0.800. The Morgan fingerprint density at radius 3 is 2.86 bits per heavy atom. The van der Waals surface area contributed by atoms with Gasteiger partial charge in [0.2, 0.25) is 0 Å². The summed E-state index contributed by atoms with van der Waals surface area (Å²) in [6.07, 6.45) is 2.06. The van der Waals surface area contributed by atoms with Crippen molar-refractivity contribution in [3.8, 4) is 0 Å². The van der Waals surface area contributed by atoms with Gasteiger partial charge in [0.05, 0.1) is 6.61 Å². The maximum Gasteiger partial charge on any atom is 0.164 e. The molecule has 2 saturated heterocycles. The Labute approximate surface area is 82.5 Å². The van der Waals surface area contributed by atoms with E-state index in [2.05, 4.69) is 0 Å². The number of rotatable bonds is 1. The van der Waals surface area contributed by atoms with Crippen LogP contribution in [0.1, 0.15) is 13.8 Å². The van der Waals surface area contributed by atoms with Crippen molar-refractivity contribution in [3.63, 3.8) is 0 Å². The van der Waals surface area contributed by atoms with E-state index in [1.807, 2.05) is 19.9 Å². The van der Waals surface area contributed by atoms with Crippen molar-refractivity contribution in [3.05, 3.63) is 11.6 Å². The Bertz CT molecular complexity index is 296. The number of aliphatic hydroxyl groups excluding tert-OH is 1. The van der Waals surface area contributed by atoms with Gasteiger partial charge >= 0.3 is 0 Å². The van der Waals surface area contributed by atoms with Crippen LogP contribution in [-0.2, 0) is 14.2 Å². The average molecular weight is 198 g/mol. The lowest BCUT2D eigenvalue weighted by Crippen LogP contribution is -2.35. The van der Waals surface area contributed by atoms with Gasteiger partial charge in [-0.25, -0.2) is 0 Å². The molecule has 0 saturated carbocycles. The maximum absolute atomic E-state index is 9.19. The van der Waals surface area contributed by atoms with Gasteiger partial charge in [-0.05, 0) is 25.5 Å². The summed E-state index contributed by atoms with van der Waals surface area (Å²) < 4.78 is 16.9. The van der Waals surface area contributed by atoms with E-state index in [-0.39, 0.29) is 31.0 Å². The van der Waals surface area contributed by atoms with Crippen molar-refractivity contribution < 1.29 is 19.3 Å². The summed E-state index contributed by atoms with van der Waals surface area (Å²) in [5, 5.41) is 9.19. The fourth-order valence-electron chi connectivity index (χ4n) is 2.30. The summed E-state index contributed by atoms with van der Waals surface area (Å²) in [7, 11) is 0. The molecule has 1 N–H and O–H groups in total. The first-order valence-corrected chi connectivity index (χ1v) is 4.93. The second-order valence-corrected chi connectivity index (χ2v) is 4.49. The Hall–Kier alpha value is -0.420. The van der Waals surface area contributed by atoms with Crippen LogP contribution in [0, 0.1) is 0 Å². The van der Waals surface area contributed by atoms with Crippen LogP contribution in [0.5, 0.6) is 0 Å². The van der Waals surface area contributed by atoms with Gasteiger partial charge in [-0.3, -0.25) is 0 Å². The SMILES string of the molecule is CC1(C)OC2C(CO)=CC3OC3C2O1. The normalized spacial score (nSPS) is 48.1. The van der Waals surface area contributed by atoms with Crippen molar-refractivity contribution in [2.75, 3.05) is 6.61 Å². The van der Waals surface area contributed by atoms with Crippen LogP contribution < -0.4 is 0 Å². The highest BCUT2D eigenvalue weighted by Gasteiger charge is 2.58. The molecule has 0 bridgehead atoms. The molecule has 0 aromatic carbocycles. The molecule has 4 unspecified atom stereocenters. The molecule has 0 radical (unpaired) electrons. The molecular weight excluding hydrogens is 184 g/mol. The fourth-order valence-corrected chi connectivity index (χ4v) is 2.30. The third-order valence-corrected chi connectivity index (χ3v) is 2.94. The minimum Gasteiger partial charge on any atom is -0.392 e. The van der Waals surface area contributed by atoms with Crippen molar-refractivity contribution >= 4 is 0 Å². The van der Waals surface area contributed by atoms with E-state index < -0.39 is 5.79 Å². The number of aliphatic hydroxyl groups is 1. The highest BCUT2D eigenvalue weighted by Crippen LogP contribution is 2.45. The molecule has 0 aromatic heterocycles. The zero-order valence-electron chi connectivity index (χ0n) is 8.27. The molecule has 3 aliphatic rings. The molecule has 4 heteroatoms. The lowest BCUT2D eigenvalue weighted by atomic mass is 9.94. The molecule has 2 heterocycles. The highest BCUT2D eigenvalue weighted by molar-refractivity contribution is 5.27. The van der Waals surface area contributed by atoms with Gasteiger partial charge in [-0.15, -0.1) is 0 Å². The van der Waals surface area contributed by atoms with Crippen LogP contribution in [0.2, 0.25) is 0 Å². The number of hydrogen-bond acceptors (Lipinski definition) is 4. The van der Waals surface area contributed by atoms with Gasteiger partial charge in [0.25, 0.3) is 0 Å². The number of fused-ring (bicyclic) bond motifs is 3. The van der Waals surface area contributed by atoms with Crippen molar-refractivity contribution in [1.29, 1.82) is 0 Å². The third-order valence-electron chi connectivity index (χ3n) is 2.94. The summed E-state index contributed by atoms with van der Waals surface area (Å²) in [6.45, 7) is 3.79. The van der Waals surface area contributed by atoms with E-state index >= 15 is 0 Å². The van der Waals surface area contributed by atoms with Crippen LogP contribution in [-0.4, -0.2) is 41.9 Å².